The van der Waals surface area contributed by atoms with Gasteiger partial charge in [-0.1, -0.05) is 12.1 Å². The number of hydrogen-bond acceptors (Lipinski definition) is 2. The number of halogens is 4. The number of nitrogens with one attached hydrogen (secondary N) is 1. The first-order chi connectivity index (χ1) is 12.9. The maximum atomic E-state index is 12.2. The summed E-state index contributed by atoms with van der Waals surface area (Å²) < 4.78 is 36.5. The quantitative estimate of drug-likeness (QED) is 0.241. The van der Waals surface area contributed by atoms with E-state index < -0.39 is 12.6 Å². The monoisotopic (exact) mass is 512 g/mol. The van der Waals surface area contributed by atoms with Gasteiger partial charge in [0.05, 0.1) is 0 Å². The molecule has 0 aliphatic carbocycles. The Morgan fingerprint density at radius 2 is 1.75 bits per heavy atom. The molecule has 1 aliphatic heterocycles. The first kappa shape index (κ1) is 24.8. The SMILES string of the molecule is CN=C(NCCCCC(F)(F)F)N(C)Cc1ccc(N2CCCCC2)cc1.I. The second kappa shape index (κ2) is 12.4. The topological polar surface area (TPSA) is 30.9 Å². The van der Waals surface area contributed by atoms with Crippen LogP contribution in [0.1, 0.15) is 44.1 Å². The average Bonchev–Trinajstić information content (AvgIpc) is 2.65. The molecule has 4 nitrogen and oxygen atoms in total. The van der Waals surface area contributed by atoms with Crippen LogP contribution in [-0.4, -0.2) is 50.8 Å². The van der Waals surface area contributed by atoms with Crippen LogP contribution < -0.4 is 10.2 Å². The molecule has 8 heteroatoms. The van der Waals surface area contributed by atoms with Gasteiger partial charge in [0.25, 0.3) is 0 Å². The summed E-state index contributed by atoms with van der Waals surface area (Å²) >= 11 is 0. The van der Waals surface area contributed by atoms with E-state index in [-0.39, 0.29) is 30.4 Å². The minimum Gasteiger partial charge on any atom is -0.372 e. The number of hydrogen-bond donors (Lipinski definition) is 1. The molecule has 1 aliphatic rings. The van der Waals surface area contributed by atoms with Crippen LogP contribution in [-0.2, 0) is 6.54 Å². The van der Waals surface area contributed by atoms with Gasteiger partial charge in [-0.3, -0.25) is 4.99 Å². The van der Waals surface area contributed by atoms with E-state index in [1.807, 2.05) is 11.9 Å². The van der Waals surface area contributed by atoms with Crippen LogP contribution in [0, 0.1) is 0 Å². The summed E-state index contributed by atoms with van der Waals surface area (Å²) in [7, 11) is 3.62. The standard InChI is InChI=1S/C20H31F3N4.HI/c1-24-19(25-13-5-4-12-20(21,22)23)26(2)16-17-8-10-18(11-9-17)27-14-6-3-7-15-27;/h8-11H,3-7,12-16H2,1-2H3,(H,24,25);1H. The van der Waals surface area contributed by atoms with Crippen molar-refractivity contribution in [1.29, 1.82) is 0 Å². The lowest BCUT2D eigenvalue weighted by Gasteiger charge is -2.29. The minimum atomic E-state index is -4.07. The maximum absolute atomic E-state index is 12.2. The predicted molar refractivity (Wildman–Crippen MR) is 121 cm³/mol. The maximum Gasteiger partial charge on any atom is 0.389 e. The number of guanidine groups is 1. The van der Waals surface area contributed by atoms with Crippen molar-refractivity contribution < 1.29 is 13.2 Å². The molecule has 0 atom stereocenters. The van der Waals surface area contributed by atoms with Crippen molar-refractivity contribution in [2.24, 2.45) is 4.99 Å². The molecule has 0 aromatic heterocycles. The van der Waals surface area contributed by atoms with E-state index >= 15 is 0 Å². The molecule has 160 valence electrons. The van der Waals surface area contributed by atoms with Gasteiger partial charge in [0.15, 0.2) is 5.96 Å². The highest BCUT2D eigenvalue weighted by atomic mass is 127. The summed E-state index contributed by atoms with van der Waals surface area (Å²) in [6, 6.07) is 8.61. The van der Waals surface area contributed by atoms with Gasteiger partial charge in [-0.15, -0.1) is 24.0 Å². The number of piperidine rings is 1. The van der Waals surface area contributed by atoms with Crippen molar-refractivity contribution in [3.63, 3.8) is 0 Å². The van der Waals surface area contributed by atoms with Gasteiger partial charge in [-0.05, 0) is 49.8 Å². The lowest BCUT2D eigenvalue weighted by atomic mass is 10.1. The fourth-order valence-corrected chi connectivity index (χ4v) is 3.35. The van der Waals surface area contributed by atoms with Crippen LogP contribution in [0.25, 0.3) is 0 Å². The number of aliphatic imine (C=N–C) groups is 1. The van der Waals surface area contributed by atoms with Gasteiger partial charge in [-0.25, -0.2) is 0 Å². The summed E-state index contributed by atoms with van der Waals surface area (Å²) in [5.41, 5.74) is 2.45. The normalized spacial score (nSPS) is 15.2. The fourth-order valence-electron chi connectivity index (χ4n) is 3.35. The highest BCUT2D eigenvalue weighted by Gasteiger charge is 2.25. The van der Waals surface area contributed by atoms with Gasteiger partial charge >= 0.3 is 6.18 Å². The molecule has 0 unspecified atom stereocenters. The van der Waals surface area contributed by atoms with Crippen LogP contribution in [0.4, 0.5) is 18.9 Å². The molecule has 1 N–H and O–H groups in total. The third kappa shape index (κ3) is 8.87. The number of rotatable bonds is 7. The second-order valence-corrected chi connectivity index (χ2v) is 7.12. The Hall–Kier alpha value is -1.19. The number of benzene rings is 1. The summed E-state index contributed by atoms with van der Waals surface area (Å²) in [5, 5.41) is 3.14. The highest BCUT2D eigenvalue weighted by molar-refractivity contribution is 14.0. The lowest BCUT2D eigenvalue weighted by Crippen LogP contribution is -2.38. The lowest BCUT2D eigenvalue weighted by molar-refractivity contribution is -0.135. The molecule has 28 heavy (non-hydrogen) atoms. The van der Waals surface area contributed by atoms with Gasteiger partial charge in [0.2, 0.25) is 0 Å². The summed E-state index contributed by atoms with van der Waals surface area (Å²) in [6.07, 6.45) is -0.357. The molecule has 2 rings (SSSR count). The molecular formula is C20H32F3IN4. The van der Waals surface area contributed by atoms with Crippen LogP contribution in [0.3, 0.4) is 0 Å². The average molecular weight is 512 g/mol. The third-order valence-corrected chi connectivity index (χ3v) is 4.82. The van der Waals surface area contributed by atoms with E-state index in [0.29, 0.717) is 25.5 Å². The van der Waals surface area contributed by atoms with E-state index in [9.17, 15) is 13.2 Å². The van der Waals surface area contributed by atoms with Crippen molar-refractivity contribution >= 4 is 35.6 Å². The number of nitrogens with zero attached hydrogens (tertiary/aromatic N) is 3. The molecule has 1 fully saturated rings. The van der Waals surface area contributed by atoms with Crippen LogP contribution >= 0.6 is 24.0 Å². The first-order valence-electron chi connectivity index (χ1n) is 9.71. The largest absolute Gasteiger partial charge is 0.389 e. The van der Waals surface area contributed by atoms with Crippen LogP contribution in [0.5, 0.6) is 0 Å². The van der Waals surface area contributed by atoms with Crippen molar-refractivity contribution in [2.45, 2.75) is 51.2 Å². The molecule has 1 aromatic rings. The van der Waals surface area contributed by atoms with E-state index in [0.717, 1.165) is 13.1 Å². The molecule has 0 amide bonds. The Bertz CT molecular complexity index is 584. The molecule has 1 saturated heterocycles. The summed E-state index contributed by atoms with van der Waals surface area (Å²) in [4.78, 5) is 8.64. The van der Waals surface area contributed by atoms with Gasteiger partial charge in [-0.2, -0.15) is 13.2 Å². The molecule has 1 aromatic carbocycles. The predicted octanol–water partition coefficient (Wildman–Crippen LogP) is 5.03. The van der Waals surface area contributed by atoms with Crippen LogP contribution in [0.15, 0.2) is 29.3 Å². The van der Waals surface area contributed by atoms with Gasteiger partial charge < -0.3 is 15.1 Å². The summed E-state index contributed by atoms with van der Waals surface area (Å²) in [6.45, 7) is 3.44. The summed E-state index contributed by atoms with van der Waals surface area (Å²) in [5.74, 6) is 0.696. The zero-order chi connectivity index (χ0) is 19.7. The first-order valence-corrected chi connectivity index (χ1v) is 9.71. The zero-order valence-electron chi connectivity index (χ0n) is 16.8. The molecule has 0 radical (unpaired) electrons. The van der Waals surface area contributed by atoms with Crippen molar-refractivity contribution in [1.82, 2.24) is 10.2 Å². The van der Waals surface area contributed by atoms with Crippen molar-refractivity contribution in [2.75, 3.05) is 38.6 Å². The van der Waals surface area contributed by atoms with Gasteiger partial charge in [0, 0.05) is 52.4 Å². The molecule has 0 saturated carbocycles. The second-order valence-electron chi connectivity index (χ2n) is 7.12. The number of alkyl halides is 3. The molecule has 1 heterocycles. The highest BCUT2D eigenvalue weighted by Crippen LogP contribution is 2.22. The van der Waals surface area contributed by atoms with E-state index in [4.69, 9.17) is 0 Å². The minimum absolute atomic E-state index is 0. The molecular weight excluding hydrogens is 480 g/mol. The zero-order valence-corrected chi connectivity index (χ0v) is 19.1. The smallest absolute Gasteiger partial charge is 0.372 e. The Balaban J connectivity index is 0.00000392. The van der Waals surface area contributed by atoms with Gasteiger partial charge in [0.1, 0.15) is 0 Å². The van der Waals surface area contributed by atoms with E-state index in [2.05, 4.69) is 39.5 Å². The third-order valence-electron chi connectivity index (χ3n) is 4.82. The van der Waals surface area contributed by atoms with Crippen molar-refractivity contribution in [3.8, 4) is 0 Å². The Labute approximate surface area is 183 Å². The van der Waals surface area contributed by atoms with Crippen molar-refractivity contribution in [3.05, 3.63) is 29.8 Å². The molecule has 0 spiro atoms. The number of unbranched alkanes of at least 4 members (excludes halogenated alkanes) is 1. The fraction of sp³-hybridized carbons (Fsp3) is 0.650. The van der Waals surface area contributed by atoms with Crippen LogP contribution in [0.2, 0.25) is 0 Å². The Morgan fingerprint density at radius 3 is 2.32 bits per heavy atom. The Kier molecular flexibility index (Phi) is 11.0. The Morgan fingerprint density at radius 1 is 1.11 bits per heavy atom. The van der Waals surface area contributed by atoms with E-state index in [1.54, 1.807) is 7.05 Å². The number of anilines is 1. The molecule has 0 bridgehead atoms. The van der Waals surface area contributed by atoms with E-state index in [1.165, 1.54) is 30.5 Å².